The van der Waals surface area contributed by atoms with Crippen molar-refractivity contribution in [1.29, 1.82) is 0 Å². The van der Waals surface area contributed by atoms with Crippen molar-refractivity contribution in [2.75, 3.05) is 18.1 Å². The van der Waals surface area contributed by atoms with E-state index in [2.05, 4.69) is 24.5 Å². The Hall–Kier alpha value is -2.14. The van der Waals surface area contributed by atoms with E-state index < -0.39 is 0 Å². The maximum atomic E-state index is 13.6. The highest BCUT2D eigenvalue weighted by atomic mass is 16.5. The van der Waals surface area contributed by atoms with Gasteiger partial charge in [0.1, 0.15) is 5.82 Å². The first-order chi connectivity index (χ1) is 14.2. The number of amides is 1. The molecule has 1 aliphatic rings. The third-order valence-corrected chi connectivity index (χ3v) is 5.67. The van der Waals surface area contributed by atoms with Crippen LogP contribution < -0.4 is 4.90 Å². The van der Waals surface area contributed by atoms with Gasteiger partial charge in [0.25, 0.3) is 5.91 Å². The standard InChI is InChI=1S/C24H35N3O2/c1-4-7-15-27(24(28)20-13-11-12-19(5-2)17-20)23-21(18-29-6-3)26-16-10-8-9-14-22(26)25-23/h11-13,17H,4-10,14-16,18H2,1-3H3. The van der Waals surface area contributed by atoms with Gasteiger partial charge in [-0.05, 0) is 50.3 Å². The molecule has 0 saturated carbocycles. The molecule has 29 heavy (non-hydrogen) atoms. The highest BCUT2D eigenvalue weighted by Gasteiger charge is 2.27. The molecular weight excluding hydrogens is 362 g/mol. The number of imidazole rings is 1. The summed E-state index contributed by atoms with van der Waals surface area (Å²) in [4.78, 5) is 20.5. The number of carbonyl (C=O) groups excluding carboxylic acids is 1. The van der Waals surface area contributed by atoms with Crippen molar-refractivity contribution in [3.05, 3.63) is 46.9 Å². The number of hydrogen-bond donors (Lipinski definition) is 0. The number of anilines is 1. The van der Waals surface area contributed by atoms with Gasteiger partial charge in [0.2, 0.25) is 0 Å². The second kappa shape index (κ2) is 10.6. The lowest BCUT2D eigenvalue weighted by atomic mass is 10.1. The molecule has 0 unspecified atom stereocenters. The summed E-state index contributed by atoms with van der Waals surface area (Å²) in [6.45, 7) is 9.09. The summed E-state index contributed by atoms with van der Waals surface area (Å²) >= 11 is 0. The van der Waals surface area contributed by atoms with Gasteiger partial charge < -0.3 is 9.30 Å². The molecule has 1 aromatic heterocycles. The van der Waals surface area contributed by atoms with Crippen molar-refractivity contribution in [2.24, 2.45) is 0 Å². The van der Waals surface area contributed by atoms with Crippen LogP contribution in [0.1, 0.15) is 80.3 Å². The zero-order valence-electron chi connectivity index (χ0n) is 18.2. The number of nitrogens with zero attached hydrogens (tertiary/aromatic N) is 3. The normalized spacial score (nSPS) is 13.8. The van der Waals surface area contributed by atoms with Crippen LogP contribution in [0.15, 0.2) is 24.3 Å². The van der Waals surface area contributed by atoms with Gasteiger partial charge in [-0.1, -0.05) is 38.8 Å². The predicted octanol–water partition coefficient (Wildman–Crippen LogP) is 5.16. The van der Waals surface area contributed by atoms with Crippen LogP contribution in [0.5, 0.6) is 0 Å². The summed E-state index contributed by atoms with van der Waals surface area (Å²) < 4.78 is 8.12. The van der Waals surface area contributed by atoms with E-state index in [9.17, 15) is 4.79 Å². The maximum Gasteiger partial charge on any atom is 0.259 e. The van der Waals surface area contributed by atoms with Gasteiger partial charge in [-0.2, -0.15) is 0 Å². The first kappa shape index (κ1) is 21.6. The van der Waals surface area contributed by atoms with Crippen LogP contribution in [-0.2, 0) is 30.7 Å². The SMILES string of the molecule is CCCCN(C(=O)c1cccc(CC)c1)c1nc2n(c1COCC)CCCCC2. The molecule has 0 spiro atoms. The molecule has 5 heteroatoms. The van der Waals surface area contributed by atoms with E-state index in [1.807, 2.05) is 30.0 Å². The van der Waals surface area contributed by atoms with Crippen molar-refractivity contribution in [3.8, 4) is 0 Å². The number of benzene rings is 1. The van der Waals surface area contributed by atoms with E-state index in [1.54, 1.807) is 0 Å². The molecule has 0 N–H and O–H groups in total. The topological polar surface area (TPSA) is 47.4 Å². The summed E-state index contributed by atoms with van der Waals surface area (Å²) in [6, 6.07) is 7.99. The van der Waals surface area contributed by atoms with E-state index in [0.717, 1.165) is 68.0 Å². The molecule has 2 aromatic rings. The van der Waals surface area contributed by atoms with Gasteiger partial charge >= 0.3 is 0 Å². The van der Waals surface area contributed by atoms with Crippen LogP contribution in [0, 0.1) is 0 Å². The fourth-order valence-corrected chi connectivity index (χ4v) is 3.97. The number of fused-ring (bicyclic) bond motifs is 1. The van der Waals surface area contributed by atoms with Crippen molar-refractivity contribution < 1.29 is 9.53 Å². The molecule has 0 atom stereocenters. The lowest BCUT2D eigenvalue weighted by Gasteiger charge is -2.23. The Morgan fingerprint density at radius 1 is 1.21 bits per heavy atom. The highest BCUT2D eigenvalue weighted by molar-refractivity contribution is 6.06. The van der Waals surface area contributed by atoms with E-state index in [0.29, 0.717) is 19.8 Å². The lowest BCUT2D eigenvalue weighted by Crippen LogP contribution is -2.33. The van der Waals surface area contributed by atoms with Crippen LogP contribution in [-0.4, -0.2) is 28.6 Å². The lowest BCUT2D eigenvalue weighted by molar-refractivity contribution is 0.0983. The van der Waals surface area contributed by atoms with E-state index in [4.69, 9.17) is 9.72 Å². The Balaban J connectivity index is 2.02. The van der Waals surface area contributed by atoms with Crippen LogP contribution in [0.25, 0.3) is 0 Å². The number of unbranched alkanes of at least 4 members (excludes halogenated alkanes) is 1. The number of aromatic nitrogens is 2. The Labute approximate surface area is 175 Å². The molecule has 0 fully saturated rings. The number of rotatable bonds is 9. The van der Waals surface area contributed by atoms with Crippen molar-refractivity contribution in [1.82, 2.24) is 9.55 Å². The Morgan fingerprint density at radius 3 is 2.83 bits per heavy atom. The third-order valence-electron chi connectivity index (χ3n) is 5.67. The van der Waals surface area contributed by atoms with E-state index in [1.165, 1.54) is 12.0 Å². The molecular formula is C24H35N3O2. The Bertz CT molecular complexity index is 812. The smallest absolute Gasteiger partial charge is 0.259 e. The van der Waals surface area contributed by atoms with Gasteiger partial charge in [0, 0.05) is 31.7 Å². The van der Waals surface area contributed by atoms with Crippen molar-refractivity contribution >= 4 is 11.7 Å². The summed E-state index contributed by atoms with van der Waals surface area (Å²) in [7, 11) is 0. The molecule has 0 bridgehead atoms. The Kier molecular flexibility index (Phi) is 7.87. The fourth-order valence-electron chi connectivity index (χ4n) is 3.97. The zero-order chi connectivity index (χ0) is 20.6. The molecule has 158 valence electrons. The molecule has 0 aliphatic carbocycles. The molecule has 1 amide bonds. The second-order valence-electron chi connectivity index (χ2n) is 7.76. The number of ether oxygens (including phenoxy) is 1. The highest BCUT2D eigenvalue weighted by Crippen LogP contribution is 2.28. The summed E-state index contributed by atoms with van der Waals surface area (Å²) in [6.07, 6.45) is 7.43. The van der Waals surface area contributed by atoms with Gasteiger partial charge in [0.05, 0.1) is 12.3 Å². The minimum Gasteiger partial charge on any atom is -0.375 e. The average Bonchev–Trinajstić information content (AvgIpc) is 2.92. The van der Waals surface area contributed by atoms with Crippen LogP contribution in [0.3, 0.4) is 0 Å². The van der Waals surface area contributed by atoms with Crippen LogP contribution in [0.4, 0.5) is 5.82 Å². The number of hydrogen-bond acceptors (Lipinski definition) is 3. The van der Waals surface area contributed by atoms with Gasteiger partial charge in [-0.3, -0.25) is 9.69 Å². The number of carbonyl (C=O) groups is 1. The summed E-state index contributed by atoms with van der Waals surface area (Å²) in [5.74, 6) is 1.94. The summed E-state index contributed by atoms with van der Waals surface area (Å²) in [5.41, 5.74) is 2.98. The first-order valence-electron chi connectivity index (χ1n) is 11.3. The van der Waals surface area contributed by atoms with Gasteiger partial charge in [0.15, 0.2) is 5.82 Å². The molecule has 1 aromatic carbocycles. The first-order valence-corrected chi connectivity index (χ1v) is 11.3. The molecule has 1 aliphatic heterocycles. The quantitative estimate of drug-likeness (QED) is 0.587. The predicted molar refractivity (Wildman–Crippen MR) is 118 cm³/mol. The maximum absolute atomic E-state index is 13.6. The molecule has 0 saturated heterocycles. The molecule has 3 rings (SSSR count). The minimum absolute atomic E-state index is 0.0414. The monoisotopic (exact) mass is 397 g/mol. The van der Waals surface area contributed by atoms with Gasteiger partial charge in [-0.15, -0.1) is 0 Å². The van der Waals surface area contributed by atoms with Crippen molar-refractivity contribution in [3.63, 3.8) is 0 Å². The van der Waals surface area contributed by atoms with Crippen LogP contribution >= 0.6 is 0 Å². The number of aryl methyl sites for hydroxylation is 2. The zero-order valence-corrected chi connectivity index (χ0v) is 18.2. The molecule has 2 heterocycles. The molecule has 0 radical (unpaired) electrons. The fraction of sp³-hybridized carbons (Fsp3) is 0.583. The third kappa shape index (κ3) is 5.08. The largest absolute Gasteiger partial charge is 0.375 e. The van der Waals surface area contributed by atoms with E-state index >= 15 is 0 Å². The minimum atomic E-state index is 0.0414. The van der Waals surface area contributed by atoms with E-state index in [-0.39, 0.29) is 5.91 Å². The average molecular weight is 398 g/mol. The van der Waals surface area contributed by atoms with Gasteiger partial charge in [-0.25, -0.2) is 4.98 Å². The Morgan fingerprint density at radius 2 is 2.07 bits per heavy atom. The summed E-state index contributed by atoms with van der Waals surface area (Å²) in [5, 5.41) is 0. The molecule has 5 nitrogen and oxygen atoms in total. The van der Waals surface area contributed by atoms with Crippen LogP contribution in [0.2, 0.25) is 0 Å². The second-order valence-corrected chi connectivity index (χ2v) is 7.76. The van der Waals surface area contributed by atoms with Crippen molar-refractivity contribution in [2.45, 2.75) is 78.9 Å².